The number of carboxylic acid groups (broad SMARTS) is 1. The Labute approximate surface area is 269 Å². The minimum Gasteiger partial charge on any atom is -0.478 e. The first kappa shape index (κ1) is 30.1. The molecule has 1 aromatic heterocycles. The number of fused-ring (bicyclic) bond motifs is 2. The SMILES string of the molecule is CC1(C)CCC(CN2CCN(c3ccc(C(=O)O)c(N4CCCOC5N=c6[nH]ccc6=CC54)c3)CC2)=C(c2ccc(Cl)cc2)C1. The van der Waals surface area contributed by atoms with Gasteiger partial charge in [-0.2, -0.15) is 0 Å². The summed E-state index contributed by atoms with van der Waals surface area (Å²) in [5.74, 6) is -0.918. The molecule has 2 atom stereocenters. The van der Waals surface area contributed by atoms with Gasteiger partial charge in [-0.1, -0.05) is 43.2 Å². The molecule has 2 aromatic carbocycles. The molecule has 8 nitrogen and oxygen atoms in total. The van der Waals surface area contributed by atoms with Gasteiger partial charge in [-0.25, -0.2) is 9.79 Å². The number of nitrogens with zero attached hydrogens (tertiary/aromatic N) is 4. The monoisotopic (exact) mass is 627 g/mol. The third kappa shape index (κ3) is 6.28. The molecule has 4 aliphatic rings. The fourth-order valence-corrected chi connectivity index (χ4v) is 7.50. The molecule has 0 radical (unpaired) electrons. The predicted octanol–water partition coefficient (Wildman–Crippen LogP) is 5.19. The van der Waals surface area contributed by atoms with Crippen molar-refractivity contribution in [2.45, 2.75) is 51.8 Å². The number of hydrogen-bond acceptors (Lipinski definition) is 6. The Morgan fingerprint density at radius 2 is 1.89 bits per heavy atom. The maximum Gasteiger partial charge on any atom is 0.337 e. The third-order valence-corrected chi connectivity index (χ3v) is 10.2. The van der Waals surface area contributed by atoms with Crippen LogP contribution in [0.25, 0.3) is 11.6 Å². The van der Waals surface area contributed by atoms with E-state index in [4.69, 9.17) is 21.3 Å². The Kier molecular flexibility index (Phi) is 8.23. The standard InChI is InChI=1S/C36H42ClN5O3/c1-36(2)12-10-26(30(22-36)24-4-6-27(37)7-5-24)23-40-15-17-41(18-16-40)28-8-9-29(35(43)44)31(21-28)42-14-3-19-45-34-32(42)20-25-11-13-38-33(25)39-34/h4-9,11,13,20-21,32,34H,3,10,12,14-19,22-23H2,1-2H3,(H,38,39)(H,43,44). The van der Waals surface area contributed by atoms with E-state index in [2.05, 4.69) is 57.8 Å². The van der Waals surface area contributed by atoms with Crippen LogP contribution in [0.2, 0.25) is 5.02 Å². The average Bonchev–Trinajstić information content (AvgIpc) is 3.39. The minimum atomic E-state index is -0.918. The van der Waals surface area contributed by atoms with Gasteiger partial charge in [0.25, 0.3) is 0 Å². The van der Waals surface area contributed by atoms with E-state index in [1.165, 1.54) is 17.6 Å². The van der Waals surface area contributed by atoms with Crippen molar-refractivity contribution in [3.8, 4) is 0 Å². The van der Waals surface area contributed by atoms with Gasteiger partial charge in [0.05, 0.1) is 23.9 Å². The maximum absolute atomic E-state index is 12.4. The van der Waals surface area contributed by atoms with E-state index in [0.717, 1.165) is 79.1 Å². The zero-order valence-electron chi connectivity index (χ0n) is 26.1. The van der Waals surface area contributed by atoms with Crippen LogP contribution in [0.5, 0.6) is 0 Å². The lowest BCUT2D eigenvalue weighted by Gasteiger charge is -2.40. The van der Waals surface area contributed by atoms with Gasteiger partial charge < -0.3 is 24.6 Å². The zero-order chi connectivity index (χ0) is 31.1. The second-order valence-electron chi connectivity index (χ2n) is 13.6. The molecule has 1 aliphatic carbocycles. The van der Waals surface area contributed by atoms with Crippen molar-refractivity contribution in [1.29, 1.82) is 0 Å². The number of carboxylic acids is 1. The van der Waals surface area contributed by atoms with Gasteiger partial charge in [0.1, 0.15) is 5.49 Å². The summed E-state index contributed by atoms with van der Waals surface area (Å²) in [7, 11) is 0. The fraction of sp³-hybridized carbons (Fsp3) is 0.444. The summed E-state index contributed by atoms with van der Waals surface area (Å²) in [5.41, 5.74) is 7.55. The molecule has 2 unspecified atom stereocenters. The molecule has 0 amide bonds. The lowest BCUT2D eigenvalue weighted by atomic mass is 9.72. The van der Waals surface area contributed by atoms with E-state index in [1.54, 1.807) is 11.6 Å². The average molecular weight is 628 g/mol. The summed E-state index contributed by atoms with van der Waals surface area (Å²) < 4.78 is 6.13. The van der Waals surface area contributed by atoms with Gasteiger partial charge in [-0.05, 0) is 84.7 Å². The number of benzene rings is 2. The number of piperazine rings is 1. The number of rotatable bonds is 6. The highest BCUT2D eigenvalue weighted by atomic mass is 35.5. The van der Waals surface area contributed by atoms with Crippen molar-refractivity contribution in [2.24, 2.45) is 10.4 Å². The van der Waals surface area contributed by atoms with E-state index < -0.39 is 5.97 Å². The maximum atomic E-state index is 12.4. The second-order valence-corrected chi connectivity index (χ2v) is 14.0. The molecule has 7 rings (SSSR count). The minimum absolute atomic E-state index is 0.176. The number of ether oxygens (including phenoxy) is 1. The second kappa shape index (κ2) is 12.3. The number of nitrogens with one attached hydrogen (secondary N) is 1. The number of anilines is 2. The van der Waals surface area contributed by atoms with Gasteiger partial charge in [-0.3, -0.25) is 4.90 Å². The molecule has 2 saturated heterocycles. The lowest BCUT2D eigenvalue weighted by Crippen LogP contribution is -2.48. The largest absolute Gasteiger partial charge is 0.478 e. The summed E-state index contributed by atoms with van der Waals surface area (Å²) in [6.45, 7) is 10.7. The van der Waals surface area contributed by atoms with E-state index in [9.17, 15) is 9.90 Å². The first-order chi connectivity index (χ1) is 21.7. The van der Waals surface area contributed by atoms with Crippen LogP contribution in [0.1, 0.15) is 55.5 Å². The van der Waals surface area contributed by atoms with E-state index >= 15 is 0 Å². The van der Waals surface area contributed by atoms with Crippen LogP contribution in [0.4, 0.5) is 11.4 Å². The molecule has 45 heavy (non-hydrogen) atoms. The van der Waals surface area contributed by atoms with Crippen LogP contribution in [0.15, 0.2) is 65.3 Å². The molecule has 3 aromatic rings. The normalized spacial score (nSPS) is 23.4. The summed E-state index contributed by atoms with van der Waals surface area (Å²) in [6.07, 6.45) is 7.88. The molecule has 0 bridgehead atoms. The fourth-order valence-electron chi connectivity index (χ4n) is 7.37. The summed E-state index contributed by atoms with van der Waals surface area (Å²) in [5, 5.41) is 12.0. The van der Waals surface area contributed by atoms with Gasteiger partial charge in [-0.15, -0.1) is 0 Å². The molecule has 9 heteroatoms. The van der Waals surface area contributed by atoms with Gasteiger partial charge in [0, 0.05) is 61.4 Å². The zero-order valence-corrected chi connectivity index (χ0v) is 26.9. The van der Waals surface area contributed by atoms with Crippen LogP contribution < -0.4 is 20.5 Å². The number of H-pyrrole nitrogens is 1. The Hall–Kier alpha value is -3.59. The van der Waals surface area contributed by atoms with Crippen molar-refractivity contribution >= 4 is 40.6 Å². The molecule has 2 N–H and O–H groups in total. The summed E-state index contributed by atoms with van der Waals surface area (Å²) in [6, 6.07) is 16.0. The Morgan fingerprint density at radius 3 is 2.67 bits per heavy atom. The number of aromatic amines is 1. The lowest BCUT2D eigenvalue weighted by molar-refractivity contribution is 0.0604. The van der Waals surface area contributed by atoms with Crippen molar-refractivity contribution in [3.63, 3.8) is 0 Å². The number of carbonyl (C=O) groups is 1. The molecule has 0 saturated carbocycles. The van der Waals surface area contributed by atoms with Crippen molar-refractivity contribution in [2.75, 3.05) is 55.7 Å². The Bertz CT molecular complexity index is 1720. The molecule has 0 spiro atoms. The van der Waals surface area contributed by atoms with E-state index in [-0.39, 0.29) is 12.3 Å². The van der Waals surface area contributed by atoms with Gasteiger partial charge in [0.15, 0.2) is 6.23 Å². The Balaban J connectivity index is 1.11. The third-order valence-electron chi connectivity index (χ3n) is 9.90. The number of allylic oxidation sites excluding steroid dienone is 1. The quantitative estimate of drug-likeness (QED) is 0.392. The highest BCUT2D eigenvalue weighted by Gasteiger charge is 2.34. The number of halogens is 1. The first-order valence-electron chi connectivity index (χ1n) is 16.2. The molecule has 236 valence electrons. The Morgan fingerprint density at radius 1 is 1.09 bits per heavy atom. The van der Waals surface area contributed by atoms with E-state index in [1.807, 2.05) is 30.5 Å². The van der Waals surface area contributed by atoms with Crippen LogP contribution in [0.3, 0.4) is 0 Å². The van der Waals surface area contributed by atoms with Crippen LogP contribution in [-0.4, -0.2) is 79.1 Å². The van der Waals surface area contributed by atoms with Gasteiger partial charge in [0.2, 0.25) is 0 Å². The number of hydrogen-bond donors (Lipinski definition) is 2. The molecule has 4 heterocycles. The number of aromatic carboxylic acids is 1. The molecular weight excluding hydrogens is 586 g/mol. The van der Waals surface area contributed by atoms with Crippen LogP contribution in [-0.2, 0) is 4.74 Å². The molecular formula is C36H42ClN5O3. The summed E-state index contributed by atoms with van der Waals surface area (Å²) >= 11 is 6.22. The highest BCUT2D eigenvalue weighted by Crippen LogP contribution is 2.43. The van der Waals surface area contributed by atoms with Crippen molar-refractivity contribution < 1.29 is 14.6 Å². The van der Waals surface area contributed by atoms with Gasteiger partial charge >= 0.3 is 5.97 Å². The van der Waals surface area contributed by atoms with Crippen LogP contribution in [0, 0.1) is 5.41 Å². The van der Waals surface area contributed by atoms with Crippen LogP contribution >= 0.6 is 11.6 Å². The molecule has 3 aliphatic heterocycles. The highest BCUT2D eigenvalue weighted by molar-refractivity contribution is 6.30. The topological polar surface area (TPSA) is 84.4 Å². The molecule has 2 fully saturated rings. The van der Waals surface area contributed by atoms with E-state index in [0.29, 0.717) is 24.1 Å². The van der Waals surface area contributed by atoms with Crippen molar-refractivity contribution in [3.05, 3.63) is 87.2 Å². The smallest absolute Gasteiger partial charge is 0.337 e. The van der Waals surface area contributed by atoms with Crippen molar-refractivity contribution in [1.82, 2.24) is 9.88 Å². The summed E-state index contributed by atoms with van der Waals surface area (Å²) in [4.78, 5) is 27.6. The first-order valence-corrected chi connectivity index (χ1v) is 16.5. The predicted molar refractivity (Wildman–Crippen MR) is 180 cm³/mol. The number of aromatic nitrogens is 1.